The lowest BCUT2D eigenvalue weighted by atomic mass is 9.73. The highest BCUT2D eigenvalue weighted by Crippen LogP contribution is 2.39. The fraction of sp³-hybridized carbons (Fsp3) is 0.909. The van der Waals surface area contributed by atoms with Gasteiger partial charge in [-0.2, -0.15) is 0 Å². The second-order valence-corrected chi connectivity index (χ2v) is 4.63. The van der Waals surface area contributed by atoms with E-state index in [2.05, 4.69) is 0 Å². The van der Waals surface area contributed by atoms with E-state index in [1.807, 2.05) is 0 Å². The van der Waals surface area contributed by atoms with Crippen LogP contribution >= 0.6 is 0 Å². The van der Waals surface area contributed by atoms with Gasteiger partial charge < -0.3 is 14.6 Å². The number of hydrogen-bond donors (Lipinski definition) is 1. The molecule has 0 spiro atoms. The van der Waals surface area contributed by atoms with Crippen molar-refractivity contribution in [3.05, 3.63) is 0 Å². The van der Waals surface area contributed by atoms with Gasteiger partial charge in [0.2, 0.25) is 0 Å². The van der Waals surface area contributed by atoms with Crippen LogP contribution in [0.1, 0.15) is 25.7 Å². The van der Waals surface area contributed by atoms with Crippen molar-refractivity contribution < 1.29 is 19.4 Å². The Morgan fingerprint density at radius 2 is 2.00 bits per heavy atom. The first kappa shape index (κ1) is 10.9. The molecule has 0 amide bonds. The fourth-order valence-corrected chi connectivity index (χ4v) is 2.56. The van der Waals surface area contributed by atoms with Gasteiger partial charge in [0.15, 0.2) is 0 Å². The van der Waals surface area contributed by atoms with Crippen LogP contribution in [0.2, 0.25) is 0 Å². The Labute approximate surface area is 89.6 Å². The van der Waals surface area contributed by atoms with Crippen molar-refractivity contribution in [3.63, 3.8) is 0 Å². The van der Waals surface area contributed by atoms with Crippen LogP contribution in [0, 0.1) is 11.3 Å². The van der Waals surface area contributed by atoms with Crippen LogP contribution in [-0.2, 0) is 14.3 Å². The predicted octanol–water partition coefficient (Wildman–Crippen LogP) is 1.29. The summed E-state index contributed by atoms with van der Waals surface area (Å²) in [6, 6.07) is 0. The standard InChI is InChI=1S/C11H18O4/c12-10(13)11(2-5-14-6-3-11)7-9-1-4-15-8-9/h9H,1-8H2,(H,12,13). The number of rotatable bonds is 3. The summed E-state index contributed by atoms with van der Waals surface area (Å²) in [5.74, 6) is -0.225. The quantitative estimate of drug-likeness (QED) is 0.769. The van der Waals surface area contributed by atoms with E-state index in [1.54, 1.807) is 0 Å². The minimum atomic E-state index is -0.655. The van der Waals surface area contributed by atoms with E-state index < -0.39 is 11.4 Å². The Kier molecular flexibility index (Phi) is 3.26. The molecule has 4 nitrogen and oxygen atoms in total. The van der Waals surface area contributed by atoms with Gasteiger partial charge in [0, 0.05) is 26.4 Å². The second-order valence-electron chi connectivity index (χ2n) is 4.63. The summed E-state index contributed by atoms with van der Waals surface area (Å²) in [7, 11) is 0. The van der Waals surface area contributed by atoms with Gasteiger partial charge in [-0.3, -0.25) is 4.79 Å². The largest absolute Gasteiger partial charge is 0.481 e. The van der Waals surface area contributed by atoms with E-state index in [0.29, 0.717) is 32.0 Å². The molecule has 0 aliphatic carbocycles. The molecule has 2 aliphatic rings. The van der Waals surface area contributed by atoms with Gasteiger partial charge in [-0.1, -0.05) is 0 Å². The maximum absolute atomic E-state index is 11.4. The molecule has 1 atom stereocenters. The molecule has 2 heterocycles. The molecule has 1 unspecified atom stereocenters. The second kappa shape index (κ2) is 4.49. The van der Waals surface area contributed by atoms with Gasteiger partial charge in [-0.25, -0.2) is 0 Å². The van der Waals surface area contributed by atoms with Crippen LogP contribution in [0.15, 0.2) is 0 Å². The molecule has 15 heavy (non-hydrogen) atoms. The van der Waals surface area contributed by atoms with Gasteiger partial charge >= 0.3 is 5.97 Å². The summed E-state index contributed by atoms with van der Waals surface area (Å²) in [5, 5.41) is 9.35. The minimum Gasteiger partial charge on any atom is -0.481 e. The van der Waals surface area contributed by atoms with Crippen LogP contribution in [0.5, 0.6) is 0 Å². The first-order valence-corrected chi connectivity index (χ1v) is 5.62. The summed E-state index contributed by atoms with van der Waals surface area (Å²) in [6.07, 6.45) is 3.07. The van der Waals surface area contributed by atoms with Gasteiger partial charge in [-0.05, 0) is 31.6 Å². The molecule has 0 radical (unpaired) electrons. The van der Waals surface area contributed by atoms with Crippen molar-refractivity contribution in [3.8, 4) is 0 Å². The highest BCUT2D eigenvalue weighted by Gasteiger charge is 2.42. The molecule has 0 aromatic heterocycles. The van der Waals surface area contributed by atoms with Crippen molar-refractivity contribution in [1.29, 1.82) is 0 Å². The van der Waals surface area contributed by atoms with Gasteiger partial charge in [0.25, 0.3) is 0 Å². The molecule has 2 aliphatic heterocycles. The van der Waals surface area contributed by atoms with Crippen molar-refractivity contribution in [2.75, 3.05) is 26.4 Å². The maximum atomic E-state index is 11.4. The van der Waals surface area contributed by atoms with Crippen LogP contribution < -0.4 is 0 Å². The van der Waals surface area contributed by atoms with Crippen LogP contribution in [0.25, 0.3) is 0 Å². The molecular weight excluding hydrogens is 196 g/mol. The number of aliphatic carboxylic acids is 1. The smallest absolute Gasteiger partial charge is 0.309 e. The minimum absolute atomic E-state index is 0.430. The summed E-state index contributed by atoms with van der Waals surface area (Å²) in [4.78, 5) is 11.4. The molecule has 4 heteroatoms. The van der Waals surface area contributed by atoms with E-state index in [9.17, 15) is 9.90 Å². The Hall–Kier alpha value is -0.610. The number of carboxylic acids is 1. The average Bonchev–Trinajstić information content (AvgIpc) is 2.71. The molecule has 2 rings (SSSR count). The molecule has 86 valence electrons. The van der Waals surface area contributed by atoms with Gasteiger partial charge in [0.05, 0.1) is 5.41 Å². The van der Waals surface area contributed by atoms with Crippen LogP contribution in [-0.4, -0.2) is 37.5 Å². The SMILES string of the molecule is O=C(O)C1(CC2CCOC2)CCOCC1. The Morgan fingerprint density at radius 3 is 2.53 bits per heavy atom. The van der Waals surface area contributed by atoms with Crippen LogP contribution in [0.4, 0.5) is 0 Å². The maximum Gasteiger partial charge on any atom is 0.309 e. The van der Waals surface area contributed by atoms with Gasteiger partial charge in [0.1, 0.15) is 0 Å². The monoisotopic (exact) mass is 214 g/mol. The lowest BCUT2D eigenvalue weighted by Gasteiger charge is -2.34. The topological polar surface area (TPSA) is 55.8 Å². The van der Waals surface area contributed by atoms with Crippen molar-refractivity contribution in [2.24, 2.45) is 11.3 Å². The zero-order valence-electron chi connectivity index (χ0n) is 8.91. The van der Waals surface area contributed by atoms with Gasteiger partial charge in [-0.15, -0.1) is 0 Å². The van der Waals surface area contributed by atoms with Crippen molar-refractivity contribution >= 4 is 5.97 Å². The molecule has 0 saturated carbocycles. The van der Waals surface area contributed by atoms with E-state index in [-0.39, 0.29) is 0 Å². The van der Waals surface area contributed by atoms with Crippen molar-refractivity contribution in [1.82, 2.24) is 0 Å². The molecule has 0 bridgehead atoms. The Morgan fingerprint density at radius 1 is 1.27 bits per heavy atom. The molecule has 0 aromatic rings. The van der Waals surface area contributed by atoms with E-state index >= 15 is 0 Å². The summed E-state index contributed by atoms with van der Waals surface area (Å²) in [6.45, 7) is 2.69. The zero-order valence-corrected chi connectivity index (χ0v) is 8.91. The lowest BCUT2D eigenvalue weighted by molar-refractivity contribution is -0.156. The molecular formula is C11H18O4. The van der Waals surface area contributed by atoms with E-state index in [0.717, 1.165) is 26.1 Å². The fourth-order valence-electron chi connectivity index (χ4n) is 2.56. The Balaban J connectivity index is 2.00. The van der Waals surface area contributed by atoms with E-state index in [4.69, 9.17) is 9.47 Å². The third kappa shape index (κ3) is 2.32. The highest BCUT2D eigenvalue weighted by atomic mass is 16.5. The molecule has 2 saturated heterocycles. The lowest BCUT2D eigenvalue weighted by Crippen LogP contribution is -2.39. The number of carboxylic acid groups (broad SMARTS) is 1. The average molecular weight is 214 g/mol. The first-order chi connectivity index (χ1) is 7.23. The van der Waals surface area contributed by atoms with Crippen LogP contribution in [0.3, 0.4) is 0 Å². The third-order valence-corrected chi connectivity index (χ3v) is 3.61. The summed E-state index contributed by atoms with van der Waals surface area (Å²) >= 11 is 0. The number of carbonyl (C=O) groups is 1. The zero-order chi connectivity index (χ0) is 10.7. The first-order valence-electron chi connectivity index (χ1n) is 5.62. The summed E-state index contributed by atoms with van der Waals surface area (Å²) < 4.78 is 10.5. The molecule has 1 N–H and O–H groups in total. The Bertz CT molecular complexity index is 227. The van der Waals surface area contributed by atoms with E-state index in [1.165, 1.54) is 0 Å². The molecule has 2 fully saturated rings. The predicted molar refractivity (Wildman–Crippen MR) is 53.7 cm³/mol. The van der Waals surface area contributed by atoms with Crippen molar-refractivity contribution in [2.45, 2.75) is 25.7 Å². The number of ether oxygens (including phenoxy) is 2. The third-order valence-electron chi connectivity index (χ3n) is 3.61. The summed E-state index contributed by atoms with van der Waals surface area (Å²) in [5.41, 5.74) is -0.545. The molecule has 0 aromatic carbocycles. The number of hydrogen-bond acceptors (Lipinski definition) is 3. The highest BCUT2D eigenvalue weighted by molar-refractivity contribution is 5.74. The normalized spacial score (nSPS) is 30.3.